The molecule has 2 heterocycles. The lowest BCUT2D eigenvalue weighted by molar-refractivity contribution is -0.115. The number of carbonyl (C=O) groups is 3. The second-order valence-corrected chi connectivity index (χ2v) is 9.57. The Labute approximate surface area is 210 Å². The fourth-order valence-corrected chi connectivity index (χ4v) is 4.34. The molecule has 13 heteroatoms. The number of rotatable bonds is 6. The van der Waals surface area contributed by atoms with Crippen LogP contribution in [0.3, 0.4) is 0 Å². The number of amides is 3. The van der Waals surface area contributed by atoms with Crippen molar-refractivity contribution in [2.45, 2.75) is 26.4 Å². The van der Waals surface area contributed by atoms with E-state index in [2.05, 4.69) is 15.6 Å². The van der Waals surface area contributed by atoms with Crippen molar-refractivity contribution in [3.8, 4) is 22.9 Å². The predicted molar refractivity (Wildman–Crippen MR) is 137 cm³/mol. The summed E-state index contributed by atoms with van der Waals surface area (Å²) in [6.45, 7) is 4.74. The molecule has 0 saturated heterocycles. The van der Waals surface area contributed by atoms with Gasteiger partial charge in [-0.05, 0) is 38.5 Å². The molecule has 0 fully saturated rings. The van der Waals surface area contributed by atoms with Gasteiger partial charge in [0.05, 0.1) is 18.5 Å². The maximum Gasteiger partial charge on any atom is 0.408 e. The first-order valence-electron chi connectivity index (χ1n) is 10.5. The molecule has 1 aromatic carbocycles. The predicted octanol–water partition coefficient (Wildman–Crippen LogP) is 2.57. The highest BCUT2D eigenvalue weighted by Gasteiger charge is 2.24. The van der Waals surface area contributed by atoms with Gasteiger partial charge < -0.3 is 37.3 Å². The van der Waals surface area contributed by atoms with Gasteiger partial charge in [-0.2, -0.15) is 5.26 Å². The van der Waals surface area contributed by atoms with Crippen LogP contribution < -0.4 is 32.6 Å². The summed E-state index contributed by atoms with van der Waals surface area (Å²) in [6.07, 6.45) is -0.745. The van der Waals surface area contributed by atoms with Crippen molar-refractivity contribution in [3.63, 3.8) is 0 Å². The van der Waals surface area contributed by atoms with Gasteiger partial charge in [-0.1, -0.05) is 6.07 Å². The van der Waals surface area contributed by atoms with E-state index in [0.717, 1.165) is 11.3 Å². The minimum atomic E-state index is -0.745. The number of anilines is 3. The average Bonchev–Trinajstić information content (AvgIpc) is 3.11. The zero-order valence-electron chi connectivity index (χ0n) is 20.0. The van der Waals surface area contributed by atoms with Crippen LogP contribution in [0.2, 0.25) is 0 Å². The van der Waals surface area contributed by atoms with E-state index in [1.807, 2.05) is 6.07 Å². The van der Waals surface area contributed by atoms with Crippen molar-refractivity contribution >= 4 is 56.7 Å². The molecule has 3 aromatic rings. The van der Waals surface area contributed by atoms with Crippen LogP contribution in [0.25, 0.3) is 21.3 Å². The SMILES string of the molecule is COc1ccc(-c2c(C#N)c(N)nc3sc(C(N)=O)c(N)c23)cc1NC(=O)CNC(=O)OC(C)(C)C. The highest BCUT2D eigenvalue weighted by molar-refractivity contribution is 7.21. The number of nitrogen functional groups attached to an aromatic ring is 2. The van der Waals surface area contributed by atoms with Gasteiger partial charge in [0.1, 0.15) is 45.1 Å². The molecule has 0 bridgehead atoms. The molecular weight excluding hydrogens is 486 g/mol. The smallest absolute Gasteiger partial charge is 0.408 e. The summed E-state index contributed by atoms with van der Waals surface area (Å²) in [5, 5.41) is 15.2. The summed E-state index contributed by atoms with van der Waals surface area (Å²) in [4.78, 5) is 40.9. The first-order chi connectivity index (χ1) is 16.9. The number of nitriles is 1. The Morgan fingerprint density at radius 2 is 1.92 bits per heavy atom. The number of pyridine rings is 1. The van der Waals surface area contributed by atoms with E-state index in [0.29, 0.717) is 27.1 Å². The summed E-state index contributed by atoms with van der Waals surface area (Å²) >= 11 is 0.963. The van der Waals surface area contributed by atoms with Crippen LogP contribution in [-0.4, -0.2) is 42.1 Å². The van der Waals surface area contributed by atoms with Gasteiger partial charge in [-0.25, -0.2) is 9.78 Å². The molecule has 188 valence electrons. The number of hydrogen-bond donors (Lipinski definition) is 5. The van der Waals surface area contributed by atoms with Gasteiger partial charge in [-0.15, -0.1) is 11.3 Å². The molecule has 0 unspecified atom stereocenters. The van der Waals surface area contributed by atoms with Crippen molar-refractivity contribution in [2.75, 3.05) is 30.4 Å². The topological polar surface area (TPSA) is 208 Å². The fraction of sp³-hybridized carbons (Fsp3) is 0.261. The van der Waals surface area contributed by atoms with Crippen LogP contribution in [0.5, 0.6) is 5.75 Å². The Bertz CT molecular complexity index is 1420. The third-order valence-electron chi connectivity index (χ3n) is 4.79. The molecule has 3 rings (SSSR count). The number of carbonyl (C=O) groups excluding carboxylic acids is 3. The molecule has 0 radical (unpaired) electrons. The lowest BCUT2D eigenvalue weighted by Crippen LogP contribution is -2.37. The average molecular weight is 512 g/mol. The zero-order valence-corrected chi connectivity index (χ0v) is 20.8. The number of thiophene rings is 1. The third-order valence-corrected chi connectivity index (χ3v) is 5.91. The minimum absolute atomic E-state index is 0.0389. The van der Waals surface area contributed by atoms with Crippen LogP contribution in [0.15, 0.2) is 18.2 Å². The van der Waals surface area contributed by atoms with E-state index in [4.69, 9.17) is 26.7 Å². The molecule has 0 atom stereocenters. The Morgan fingerprint density at radius 1 is 1.22 bits per heavy atom. The summed E-state index contributed by atoms with van der Waals surface area (Å²) in [7, 11) is 1.42. The molecule has 0 aliphatic heterocycles. The molecule has 36 heavy (non-hydrogen) atoms. The van der Waals surface area contributed by atoms with Crippen molar-refractivity contribution in [2.24, 2.45) is 5.73 Å². The second kappa shape index (κ2) is 9.96. The number of hydrogen-bond acceptors (Lipinski definition) is 10. The van der Waals surface area contributed by atoms with Crippen LogP contribution in [0.1, 0.15) is 36.0 Å². The molecule has 8 N–H and O–H groups in total. The van der Waals surface area contributed by atoms with Gasteiger partial charge in [-0.3, -0.25) is 9.59 Å². The zero-order chi connectivity index (χ0) is 26.8. The fourth-order valence-electron chi connectivity index (χ4n) is 3.38. The van der Waals surface area contributed by atoms with Gasteiger partial charge in [0.15, 0.2) is 0 Å². The number of fused-ring (bicyclic) bond motifs is 1. The first kappa shape index (κ1) is 26.0. The summed E-state index contributed by atoms with van der Waals surface area (Å²) in [6, 6.07) is 6.80. The van der Waals surface area contributed by atoms with Crippen molar-refractivity contribution < 1.29 is 23.9 Å². The minimum Gasteiger partial charge on any atom is -0.495 e. The summed E-state index contributed by atoms with van der Waals surface area (Å²) in [5.41, 5.74) is 18.1. The van der Waals surface area contributed by atoms with E-state index in [-0.39, 0.29) is 34.2 Å². The van der Waals surface area contributed by atoms with Crippen LogP contribution in [-0.2, 0) is 9.53 Å². The quantitative estimate of drug-likeness (QED) is 0.329. The molecule has 0 aliphatic carbocycles. The van der Waals surface area contributed by atoms with Crippen molar-refractivity contribution in [3.05, 3.63) is 28.6 Å². The first-order valence-corrected chi connectivity index (χ1v) is 11.3. The van der Waals surface area contributed by atoms with Crippen molar-refractivity contribution in [1.29, 1.82) is 5.26 Å². The van der Waals surface area contributed by atoms with Crippen LogP contribution in [0.4, 0.5) is 22.0 Å². The van der Waals surface area contributed by atoms with Crippen LogP contribution in [0, 0.1) is 11.3 Å². The standard InChI is InChI=1S/C23H25N7O5S/c1-23(2,3)35-22(33)28-9-14(31)29-12-7-10(5-6-13(12)34-4)15-11(8-24)19(26)30-21-16(15)17(25)18(36-21)20(27)32/h5-7H,9,25H2,1-4H3,(H2,26,30)(H2,27,32)(H,28,33)(H,29,31). The highest BCUT2D eigenvalue weighted by Crippen LogP contribution is 2.43. The Morgan fingerprint density at radius 3 is 2.50 bits per heavy atom. The summed E-state index contributed by atoms with van der Waals surface area (Å²) < 4.78 is 10.5. The van der Waals surface area contributed by atoms with Crippen LogP contribution >= 0.6 is 11.3 Å². The van der Waals surface area contributed by atoms with E-state index < -0.39 is 23.5 Å². The Hall–Kier alpha value is -4.57. The number of ether oxygens (including phenoxy) is 2. The number of nitrogens with two attached hydrogens (primary N) is 3. The number of methoxy groups -OCH3 is 1. The van der Waals surface area contributed by atoms with Gasteiger partial charge in [0.2, 0.25) is 5.91 Å². The van der Waals surface area contributed by atoms with Gasteiger partial charge in [0.25, 0.3) is 5.91 Å². The number of alkyl carbamates (subject to hydrolysis) is 1. The molecule has 12 nitrogen and oxygen atoms in total. The number of nitrogens with zero attached hydrogens (tertiary/aromatic N) is 2. The third kappa shape index (κ3) is 5.39. The number of primary amides is 1. The van der Waals surface area contributed by atoms with Gasteiger partial charge in [0, 0.05) is 10.9 Å². The second-order valence-electron chi connectivity index (χ2n) is 8.57. The molecule has 2 aromatic heterocycles. The molecule has 0 aliphatic rings. The molecular formula is C23H25N7O5S. The van der Waals surface area contributed by atoms with E-state index in [9.17, 15) is 19.6 Å². The lowest BCUT2D eigenvalue weighted by Gasteiger charge is -2.19. The number of aromatic nitrogens is 1. The summed E-state index contributed by atoms with van der Waals surface area (Å²) in [5.74, 6) is -1.03. The molecule has 0 spiro atoms. The number of nitrogens with one attached hydrogen (secondary N) is 2. The van der Waals surface area contributed by atoms with E-state index in [1.54, 1.807) is 39.0 Å². The maximum absolute atomic E-state index is 12.5. The molecule has 3 amide bonds. The normalized spacial score (nSPS) is 11.0. The molecule has 0 saturated carbocycles. The Balaban J connectivity index is 2.04. The Kier molecular flexibility index (Phi) is 7.21. The highest BCUT2D eigenvalue weighted by atomic mass is 32.1. The lowest BCUT2D eigenvalue weighted by atomic mass is 9.96. The monoisotopic (exact) mass is 511 g/mol. The number of benzene rings is 1. The van der Waals surface area contributed by atoms with E-state index >= 15 is 0 Å². The van der Waals surface area contributed by atoms with Gasteiger partial charge >= 0.3 is 6.09 Å². The maximum atomic E-state index is 12.5. The largest absolute Gasteiger partial charge is 0.495 e. The van der Waals surface area contributed by atoms with E-state index in [1.165, 1.54) is 7.11 Å². The van der Waals surface area contributed by atoms with Crippen molar-refractivity contribution in [1.82, 2.24) is 10.3 Å².